The van der Waals surface area contributed by atoms with Crippen molar-refractivity contribution in [3.8, 4) is 5.75 Å². The van der Waals surface area contributed by atoms with Crippen LogP contribution in [0.4, 0.5) is 34.5 Å². The number of carbonyl (C=O) groups excluding carboxylic acids is 1. The highest BCUT2D eigenvalue weighted by molar-refractivity contribution is 6.32. The van der Waals surface area contributed by atoms with Gasteiger partial charge in [-0.15, -0.1) is 0 Å². The van der Waals surface area contributed by atoms with Gasteiger partial charge in [0, 0.05) is 43.2 Å². The zero-order valence-electron chi connectivity index (χ0n) is 21.3. The molecule has 0 spiro atoms. The lowest BCUT2D eigenvalue weighted by Crippen LogP contribution is -2.49. The third-order valence-electron chi connectivity index (χ3n) is 7.09. The van der Waals surface area contributed by atoms with E-state index in [0.717, 1.165) is 31.9 Å². The number of rotatable bonds is 7. The summed E-state index contributed by atoms with van der Waals surface area (Å²) in [7, 11) is 2.15. The fourth-order valence-corrected chi connectivity index (χ4v) is 4.74. The molecule has 3 aromatic rings. The molecule has 37 heavy (non-hydrogen) atoms. The van der Waals surface area contributed by atoms with Crippen LogP contribution in [0.3, 0.4) is 0 Å². The smallest absolute Gasteiger partial charge is 0.268 e. The summed E-state index contributed by atoms with van der Waals surface area (Å²) in [6.45, 7) is 8.08. The van der Waals surface area contributed by atoms with E-state index in [0.29, 0.717) is 46.8 Å². The summed E-state index contributed by atoms with van der Waals surface area (Å²) in [4.78, 5) is 26.3. The van der Waals surface area contributed by atoms with Crippen molar-refractivity contribution in [3.05, 3.63) is 53.7 Å². The minimum absolute atomic E-state index is 0.132. The molecule has 2 aliphatic heterocycles. The molecule has 2 aromatic carbocycles. The number of halogens is 1. The number of hydrogen-bond acceptors (Lipinski definition) is 8. The first-order chi connectivity index (χ1) is 17.9. The van der Waals surface area contributed by atoms with Gasteiger partial charge in [-0.1, -0.05) is 25.4 Å². The van der Waals surface area contributed by atoms with E-state index in [-0.39, 0.29) is 5.91 Å². The zero-order chi connectivity index (χ0) is 26.0. The number of nitrogens with one attached hydrogen (secondary N) is 3. The van der Waals surface area contributed by atoms with Crippen molar-refractivity contribution in [1.82, 2.24) is 14.9 Å². The van der Waals surface area contributed by atoms with Crippen molar-refractivity contribution < 1.29 is 9.53 Å². The molecular weight excluding hydrogens is 490 g/mol. The fraction of sp³-hybridized carbons (Fsp3) is 0.370. The largest absolute Gasteiger partial charge is 0.475 e. The highest BCUT2D eigenvalue weighted by Gasteiger charge is 2.41. The first kappa shape index (κ1) is 25.1. The second-order valence-electron chi connectivity index (χ2n) is 9.45. The predicted molar refractivity (Wildman–Crippen MR) is 149 cm³/mol. The van der Waals surface area contributed by atoms with E-state index in [1.54, 1.807) is 6.20 Å². The van der Waals surface area contributed by atoms with Crippen LogP contribution in [0, 0.1) is 0 Å². The molecule has 9 nitrogen and oxygen atoms in total. The van der Waals surface area contributed by atoms with Gasteiger partial charge in [-0.05, 0) is 62.4 Å². The van der Waals surface area contributed by atoms with Crippen molar-refractivity contribution in [3.63, 3.8) is 0 Å². The average molecular weight is 522 g/mol. The summed E-state index contributed by atoms with van der Waals surface area (Å²) < 4.78 is 6.09. The molecule has 0 unspecified atom stereocenters. The number of carbonyl (C=O) groups is 1. The molecule has 2 aliphatic rings. The number of amides is 1. The number of piperazine rings is 1. The van der Waals surface area contributed by atoms with Gasteiger partial charge in [0.05, 0.1) is 11.9 Å². The monoisotopic (exact) mass is 521 g/mol. The Labute approximate surface area is 222 Å². The van der Waals surface area contributed by atoms with Gasteiger partial charge in [0.15, 0.2) is 11.4 Å². The molecule has 0 atom stereocenters. The van der Waals surface area contributed by atoms with Gasteiger partial charge < -0.3 is 30.5 Å². The number of nitrogens with zero attached hydrogens (tertiary/aromatic N) is 4. The van der Waals surface area contributed by atoms with Crippen molar-refractivity contribution in [2.75, 3.05) is 54.1 Å². The molecule has 0 bridgehead atoms. The molecule has 5 rings (SSSR count). The standard InChI is InChI=1S/C27H32ClN7O2/c1-4-27(5-2)25(36)32-22-16-19(8-11-23(22)37-27)30-24-21(28)17-29-26(33-24)31-18-6-9-20(10-7-18)35-14-12-34(3)13-15-35/h6-11,16-17H,4-5,12-15H2,1-3H3,(H,32,36)(H2,29,30,31,33). The van der Waals surface area contributed by atoms with E-state index >= 15 is 0 Å². The average Bonchev–Trinajstić information content (AvgIpc) is 2.91. The van der Waals surface area contributed by atoms with Crippen molar-refractivity contribution in [1.29, 1.82) is 0 Å². The summed E-state index contributed by atoms with van der Waals surface area (Å²) in [5, 5.41) is 9.83. The molecule has 3 N–H and O–H groups in total. The first-order valence-corrected chi connectivity index (χ1v) is 13.0. The SMILES string of the molecule is CCC1(CC)Oc2ccc(Nc3nc(Nc4ccc(N5CCN(C)CC5)cc4)ncc3Cl)cc2NC1=O. The summed E-state index contributed by atoms with van der Waals surface area (Å²) in [5.74, 6) is 1.38. The lowest BCUT2D eigenvalue weighted by atomic mass is 9.94. The number of benzene rings is 2. The summed E-state index contributed by atoms with van der Waals surface area (Å²) >= 11 is 6.39. The fourth-order valence-electron chi connectivity index (χ4n) is 4.60. The van der Waals surface area contributed by atoms with Gasteiger partial charge in [-0.25, -0.2) is 4.98 Å². The van der Waals surface area contributed by atoms with Crippen LogP contribution in [0.5, 0.6) is 5.75 Å². The third-order valence-corrected chi connectivity index (χ3v) is 7.36. The highest BCUT2D eigenvalue weighted by Crippen LogP contribution is 2.39. The Morgan fingerprint density at radius 2 is 1.73 bits per heavy atom. The van der Waals surface area contributed by atoms with Crippen molar-refractivity contribution in [2.45, 2.75) is 32.3 Å². The van der Waals surface area contributed by atoms with E-state index in [4.69, 9.17) is 16.3 Å². The van der Waals surface area contributed by atoms with Gasteiger partial charge >= 0.3 is 0 Å². The Morgan fingerprint density at radius 1 is 1.03 bits per heavy atom. The Balaban J connectivity index is 1.28. The van der Waals surface area contributed by atoms with Crippen molar-refractivity contribution >= 4 is 52.0 Å². The minimum atomic E-state index is -0.832. The number of anilines is 6. The molecule has 1 fully saturated rings. The van der Waals surface area contributed by atoms with E-state index in [1.165, 1.54) is 5.69 Å². The van der Waals surface area contributed by atoms with Crippen LogP contribution in [0.1, 0.15) is 26.7 Å². The molecule has 3 heterocycles. The Bertz CT molecular complexity index is 1270. The Kier molecular flexibility index (Phi) is 7.08. The van der Waals surface area contributed by atoms with E-state index in [1.807, 2.05) is 44.2 Å². The van der Waals surface area contributed by atoms with Crippen LogP contribution in [0.25, 0.3) is 0 Å². The number of ether oxygens (including phenoxy) is 1. The lowest BCUT2D eigenvalue weighted by Gasteiger charge is -2.36. The van der Waals surface area contributed by atoms with Crippen LogP contribution in [-0.2, 0) is 4.79 Å². The summed E-state index contributed by atoms with van der Waals surface area (Å²) in [5.41, 5.74) is 2.58. The van der Waals surface area contributed by atoms with Gasteiger partial charge in [-0.3, -0.25) is 4.79 Å². The summed E-state index contributed by atoms with van der Waals surface area (Å²) in [6.07, 6.45) is 2.75. The molecule has 1 amide bonds. The predicted octanol–water partition coefficient (Wildman–Crippen LogP) is 5.26. The van der Waals surface area contributed by atoms with E-state index in [2.05, 4.69) is 54.9 Å². The Morgan fingerprint density at radius 3 is 2.43 bits per heavy atom. The normalized spacial score (nSPS) is 17.0. The summed E-state index contributed by atoms with van der Waals surface area (Å²) in [6, 6.07) is 13.8. The second kappa shape index (κ2) is 10.4. The van der Waals surface area contributed by atoms with Crippen LogP contribution < -0.4 is 25.6 Å². The molecule has 194 valence electrons. The maximum atomic E-state index is 12.7. The zero-order valence-corrected chi connectivity index (χ0v) is 22.1. The maximum absolute atomic E-state index is 12.7. The third kappa shape index (κ3) is 5.28. The first-order valence-electron chi connectivity index (χ1n) is 12.6. The molecule has 0 radical (unpaired) electrons. The van der Waals surface area contributed by atoms with Crippen LogP contribution >= 0.6 is 11.6 Å². The van der Waals surface area contributed by atoms with Crippen LogP contribution in [-0.4, -0.2) is 59.6 Å². The molecular formula is C27H32ClN7O2. The number of hydrogen-bond donors (Lipinski definition) is 3. The van der Waals surface area contributed by atoms with Gasteiger partial charge in [0.25, 0.3) is 5.91 Å². The Hall–Kier alpha value is -3.56. The molecule has 0 aliphatic carbocycles. The maximum Gasteiger partial charge on any atom is 0.268 e. The number of aromatic nitrogens is 2. The second-order valence-corrected chi connectivity index (χ2v) is 9.85. The van der Waals surface area contributed by atoms with E-state index < -0.39 is 5.60 Å². The number of fused-ring (bicyclic) bond motifs is 1. The lowest BCUT2D eigenvalue weighted by molar-refractivity contribution is -0.133. The highest BCUT2D eigenvalue weighted by atomic mass is 35.5. The molecule has 1 aromatic heterocycles. The molecule has 1 saturated heterocycles. The van der Waals surface area contributed by atoms with Crippen molar-refractivity contribution in [2.24, 2.45) is 0 Å². The minimum Gasteiger partial charge on any atom is -0.475 e. The number of likely N-dealkylation sites (N-methyl/N-ethyl adjacent to an activating group) is 1. The van der Waals surface area contributed by atoms with Gasteiger partial charge in [0.2, 0.25) is 5.95 Å². The van der Waals surface area contributed by atoms with Gasteiger partial charge in [0.1, 0.15) is 10.8 Å². The molecule has 0 saturated carbocycles. The van der Waals surface area contributed by atoms with Gasteiger partial charge in [-0.2, -0.15) is 4.98 Å². The van der Waals surface area contributed by atoms with E-state index in [9.17, 15) is 4.79 Å². The quantitative estimate of drug-likeness (QED) is 0.387. The van der Waals surface area contributed by atoms with Crippen LogP contribution in [0.2, 0.25) is 5.02 Å². The molecule has 10 heteroatoms. The topological polar surface area (TPSA) is 94.7 Å². The van der Waals surface area contributed by atoms with Crippen LogP contribution in [0.15, 0.2) is 48.7 Å².